The van der Waals surface area contributed by atoms with E-state index >= 15 is 0 Å². The van der Waals surface area contributed by atoms with E-state index in [4.69, 9.17) is 0 Å². The largest absolute Gasteiger partial charge is 0.323 e. The van der Waals surface area contributed by atoms with Crippen LogP contribution in [0.4, 0.5) is 14.5 Å². The molecule has 9 heteroatoms. The van der Waals surface area contributed by atoms with Crippen molar-refractivity contribution in [2.75, 3.05) is 5.32 Å². The molecule has 0 unspecified atom stereocenters. The van der Waals surface area contributed by atoms with Gasteiger partial charge in [-0.3, -0.25) is 0 Å². The van der Waals surface area contributed by atoms with Gasteiger partial charge >= 0.3 is 0 Å². The van der Waals surface area contributed by atoms with Gasteiger partial charge < -0.3 is 5.32 Å². The van der Waals surface area contributed by atoms with Crippen LogP contribution in [0.2, 0.25) is 0 Å². The number of guanidine groups is 1. The molecule has 1 aliphatic heterocycles. The molecule has 138 valence electrons. The quantitative estimate of drug-likeness (QED) is 0.693. The maximum absolute atomic E-state index is 14.2. The number of nitrogens with zero attached hydrogens (tertiary/aromatic N) is 1. The maximum Gasteiger partial charge on any atom is 0.275 e. The number of hydrogen-bond donors (Lipinski definition) is 2. The zero-order valence-electron chi connectivity index (χ0n) is 13.7. The normalized spacial score (nSPS) is 16.4. The Morgan fingerprint density at radius 2 is 1.78 bits per heavy atom. The highest BCUT2D eigenvalue weighted by atomic mass is 32.2. The molecule has 0 saturated heterocycles. The smallest absolute Gasteiger partial charge is 0.275 e. The topological polar surface area (TPSA) is 70.6 Å². The number of fused-ring (bicyclic) bond motifs is 1. The van der Waals surface area contributed by atoms with Crippen LogP contribution in [0.15, 0.2) is 63.1 Å². The molecular formula is C18H13F2N3O2S2. The molecule has 0 fully saturated rings. The second-order valence-corrected chi connectivity index (χ2v) is 8.55. The lowest BCUT2D eigenvalue weighted by atomic mass is 10.1. The summed E-state index contributed by atoms with van der Waals surface area (Å²) in [6.07, 6.45) is 0. The SMILES string of the molecule is O=S1(=O)NC(=NCc2ccccc2)Nc2c(-c3cccc(F)c3F)csc21. The Kier molecular flexibility index (Phi) is 4.40. The van der Waals surface area contributed by atoms with Gasteiger partial charge in [0.2, 0.25) is 5.96 Å². The Morgan fingerprint density at radius 1 is 1.00 bits per heavy atom. The first-order valence-corrected chi connectivity index (χ1v) is 10.3. The van der Waals surface area contributed by atoms with Crippen LogP contribution in [0.25, 0.3) is 11.1 Å². The molecule has 5 nitrogen and oxygen atoms in total. The lowest BCUT2D eigenvalue weighted by Crippen LogP contribution is -2.40. The van der Waals surface area contributed by atoms with Crippen molar-refractivity contribution in [1.29, 1.82) is 0 Å². The molecule has 0 atom stereocenters. The summed E-state index contributed by atoms with van der Waals surface area (Å²) in [7, 11) is -3.85. The summed E-state index contributed by atoms with van der Waals surface area (Å²) in [5, 5.41) is 4.38. The Morgan fingerprint density at radius 3 is 2.56 bits per heavy atom. The van der Waals surface area contributed by atoms with Crippen molar-refractivity contribution in [3.8, 4) is 11.1 Å². The molecule has 2 N–H and O–H groups in total. The van der Waals surface area contributed by atoms with Crippen LogP contribution >= 0.6 is 11.3 Å². The number of aliphatic imine (C=N–C) groups is 1. The minimum atomic E-state index is -3.85. The van der Waals surface area contributed by atoms with Crippen LogP contribution in [0.3, 0.4) is 0 Å². The van der Waals surface area contributed by atoms with Gasteiger partial charge in [-0.1, -0.05) is 42.5 Å². The van der Waals surface area contributed by atoms with Crippen LogP contribution in [0, 0.1) is 11.6 Å². The first-order valence-electron chi connectivity index (χ1n) is 7.90. The van der Waals surface area contributed by atoms with Gasteiger partial charge in [0.1, 0.15) is 0 Å². The standard InChI is InChI=1S/C18H13F2N3O2S2/c19-14-8-4-7-12(15(14)20)13-10-26-17-16(13)22-18(23-27(17,24)25)21-9-11-5-2-1-3-6-11/h1-8,10H,9H2,(H2,21,22,23). The first kappa shape index (κ1) is 17.6. The zero-order valence-corrected chi connectivity index (χ0v) is 15.4. The van der Waals surface area contributed by atoms with Gasteiger partial charge in [0.15, 0.2) is 15.8 Å². The van der Waals surface area contributed by atoms with E-state index in [9.17, 15) is 17.2 Å². The molecule has 4 rings (SSSR count). The van der Waals surface area contributed by atoms with Crippen molar-refractivity contribution in [3.05, 3.63) is 71.1 Å². The Labute approximate surface area is 158 Å². The van der Waals surface area contributed by atoms with E-state index in [0.29, 0.717) is 0 Å². The van der Waals surface area contributed by atoms with Crippen molar-refractivity contribution in [2.45, 2.75) is 10.8 Å². The summed E-state index contributed by atoms with van der Waals surface area (Å²) in [5.41, 5.74) is 1.34. The molecule has 1 aromatic heterocycles. The number of hydrogen-bond acceptors (Lipinski definition) is 4. The zero-order chi connectivity index (χ0) is 19.0. The van der Waals surface area contributed by atoms with Crippen LogP contribution in [0.1, 0.15) is 5.56 Å². The average molecular weight is 405 g/mol. The molecule has 1 aliphatic rings. The predicted molar refractivity (Wildman–Crippen MR) is 101 cm³/mol. The fourth-order valence-electron chi connectivity index (χ4n) is 2.71. The molecule has 0 aliphatic carbocycles. The van der Waals surface area contributed by atoms with E-state index in [2.05, 4.69) is 15.0 Å². The van der Waals surface area contributed by atoms with E-state index in [1.165, 1.54) is 17.5 Å². The summed E-state index contributed by atoms with van der Waals surface area (Å²) in [4.78, 5) is 4.25. The maximum atomic E-state index is 14.2. The number of halogens is 2. The van der Waals surface area contributed by atoms with Crippen LogP contribution in [-0.2, 0) is 16.6 Å². The van der Waals surface area contributed by atoms with E-state index < -0.39 is 21.7 Å². The summed E-state index contributed by atoms with van der Waals surface area (Å²) < 4.78 is 55.2. The third kappa shape index (κ3) is 3.31. The van der Waals surface area contributed by atoms with E-state index in [1.807, 2.05) is 30.3 Å². The van der Waals surface area contributed by atoms with Crippen LogP contribution in [-0.4, -0.2) is 14.4 Å². The summed E-state index contributed by atoms with van der Waals surface area (Å²) in [6.45, 7) is 0.259. The number of sulfonamides is 1. The fraction of sp³-hybridized carbons (Fsp3) is 0.0556. The summed E-state index contributed by atoms with van der Waals surface area (Å²) >= 11 is 0.928. The lowest BCUT2D eigenvalue weighted by molar-refractivity contribution is 0.511. The van der Waals surface area contributed by atoms with Gasteiger partial charge in [0, 0.05) is 16.5 Å². The molecule has 0 spiro atoms. The molecule has 0 bridgehead atoms. The second-order valence-electron chi connectivity index (χ2n) is 5.79. The molecule has 3 aromatic rings. The third-order valence-corrected chi connectivity index (χ3v) is 6.85. The number of rotatable bonds is 3. The Bertz CT molecular complexity index is 1140. The Hall–Kier alpha value is -2.78. The summed E-state index contributed by atoms with van der Waals surface area (Å²) in [5.74, 6) is -2.00. The molecule has 2 heterocycles. The van der Waals surface area contributed by atoms with Crippen molar-refractivity contribution >= 4 is 33.0 Å². The van der Waals surface area contributed by atoms with Gasteiger partial charge in [0.05, 0.1) is 12.2 Å². The van der Waals surface area contributed by atoms with E-state index in [0.717, 1.165) is 23.0 Å². The number of benzene rings is 2. The minimum absolute atomic E-state index is 0.000165. The first-order chi connectivity index (χ1) is 13.0. The molecular weight excluding hydrogens is 392 g/mol. The fourth-order valence-corrected chi connectivity index (χ4v) is 5.13. The van der Waals surface area contributed by atoms with E-state index in [-0.39, 0.29) is 33.5 Å². The molecule has 27 heavy (non-hydrogen) atoms. The highest BCUT2D eigenvalue weighted by molar-refractivity contribution is 7.92. The van der Waals surface area contributed by atoms with Crippen molar-refractivity contribution in [1.82, 2.24) is 4.72 Å². The van der Waals surface area contributed by atoms with Gasteiger partial charge in [-0.2, -0.15) is 0 Å². The molecule has 0 saturated carbocycles. The molecule has 0 radical (unpaired) electrons. The average Bonchev–Trinajstić information content (AvgIpc) is 3.07. The number of anilines is 1. The third-order valence-electron chi connectivity index (χ3n) is 3.98. The predicted octanol–water partition coefficient (Wildman–Crippen LogP) is 3.95. The van der Waals surface area contributed by atoms with Gasteiger partial charge in [-0.25, -0.2) is 26.9 Å². The van der Waals surface area contributed by atoms with Gasteiger partial charge in [-0.05, 0) is 11.6 Å². The highest BCUT2D eigenvalue weighted by Gasteiger charge is 2.32. The van der Waals surface area contributed by atoms with Crippen molar-refractivity contribution in [2.24, 2.45) is 4.99 Å². The summed E-state index contributed by atoms with van der Waals surface area (Å²) in [6, 6.07) is 13.1. The minimum Gasteiger partial charge on any atom is -0.323 e. The Balaban J connectivity index is 1.75. The van der Waals surface area contributed by atoms with Gasteiger partial charge in [-0.15, -0.1) is 11.3 Å². The molecule has 2 aromatic carbocycles. The van der Waals surface area contributed by atoms with Crippen LogP contribution < -0.4 is 10.0 Å². The number of nitrogens with one attached hydrogen (secondary N) is 2. The second kappa shape index (κ2) is 6.75. The van der Waals surface area contributed by atoms with Gasteiger partial charge in [0.25, 0.3) is 10.0 Å². The lowest BCUT2D eigenvalue weighted by Gasteiger charge is -2.20. The number of thiophene rings is 1. The van der Waals surface area contributed by atoms with Crippen molar-refractivity contribution < 1.29 is 17.2 Å². The van der Waals surface area contributed by atoms with E-state index in [1.54, 1.807) is 0 Å². The molecule has 0 amide bonds. The highest BCUT2D eigenvalue weighted by Crippen LogP contribution is 2.41. The van der Waals surface area contributed by atoms with Crippen molar-refractivity contribution in [3.63, 3.8) is 0 Å². The monoisotopic (exact) mass is 405 g/mol. The van der Waals surface area contributed by atoms with Crippen LogP contribution in [0.5, 0.6) is 0 Å².